The molecule has 0 atom stereocenters. The zero-order chi connectivity index (χ0) is 18.9. The highest BCUT2D eigenvalue weighted by Gasteiger charge is 2.08. The topological polar surface area (TPSA) is 79.5 Å². The second-order valence-corrected chi connectivity index (χ2v) is 6.86. The molecular weight excluding hydrogens is 442 g/mol. The predicted molar refractivity (Wildman–Crippen MR) is 107 cm³/mol. The summed E-state index contributed by atoms with van der Waals surface area (Å²) in [5, 5.41) is 3.05. The number of halogens is 2. The Bertz CT molecular complexity index is 785. The molecule has 0 heterocycles. The maximum atomic E-state index is 11.9. The standard InChI is InChI=1S/C17H15BrClN3O3S/c18-12-3-7-14(8-4-12)25-10-16(24)21-22-17(26)20-15(23)9-11-1-5-13(19)6-2-11/h1-8H,9-10H2,(H,21,24)(H2,20,22,23,26). The Labute approximate surface area is 169 Å². The van der Waals surface area contributed by atoms with Gasteiger partial charge in [-0.3, -0.25) is 20.4 Å². The Morgan fingerprint density at radius 1 is 1.00 bits per heavy atom. The van der Waals surface area contributed by atoms with Gasteiger partial charge in [0.1, 0.15) is 5.75 Å². The molecule has 0 aromatic heterocycles. The van der Waals surface area contributed by atoms with E-state index in [2.05, 4.69) is 32.1 Å². The molecule has 0 aliphatic carbocycles. The third-order valence-electron chi connectivity index (χ3n) is 3.03. The molecule has 3 N–H and O–H groups in total. The molecular formula is C17H15BrClN3O3S. The average Bonchev–Trinajstić information content (AvgIpc) is 2.61. The van der Waals surface area contributed by atoms with Crippen LogP contribution in [0, 0.1) is 0 Å². The fourth-order valence-corrected chi connectivity index (χ4v) is 2.39. The molecule has 0 spiro atoms. The lowest BCUT2D eigenvalue weighted by molar-refractivity contribution is -0.124. The number of hydrogen-bond donors (Lipinski definition) is 3. The lowest BCUT2D eigenvalue weighted by atomic mass is 10.1. The van der Waals surface area contributed by atoms with Crippen LogP contribution in [0.25, 0.3) is 0 Å². The summed E-state index contributed by atoms with van der Waals surface area (Å²) < 4.78 is 6.22. The first-order valence-electron chi connectivity index (χ1n) is 7.44. The first kappa shape index (κ1) is 20.2. The van der Waals surface area contributed by atoms with Crippen LogP contribution in [0.15, 0.2) is 53.0 Å². The second kappa shape index (κ2) is 10.1. The molecule has 2 aromatic carbocycles. The number of hydrazine groups is 1. The van der Waals surface area contributed by atoms with Gasteiger partial charge in [0.15, 0.2) is 11.7 Å². The molecule has 2 aromatic rings. The average molecular weight is 457 g/mol. The molecule has 0 radical (unpaired) electrons. The fourth-order valence-electron chi connectivity index (χ4n) is 1.83. The molecule has 0 bridgehead atoms. The quantitative estimate of drug-likeness (QED) is 0.476. The number of thiocarbonyl (C=S) groups is 1. The molecule has 26 heavy (non-hydrogen) atoms. The van der Waals surface area contributed by atoms with Crippen LogP contribution < -0.4 is 20.9 Å². The second-order valence-electron chi connectivity index (χ2n) is 5.10. The highest BCUT2D eigenvalue weighted by atomic mass is 79.9. The molecule has 9 heteroatoms. The van der Waals surface area contributed by atoms with Gasteiger partial charge < -0.3 is 10.1 Å². The van der Waals surface area contributed by atoms with E-state index < -0.39 is 5.91 Å². The highest BCUT2D eigenvalue weighted by Crippen LogP contribution is 2.15. The summed E-state index contributed by atoms with van der Waals surface area (Å²) in [5.41, 5.74) is 5.58. The van der Waals surface area contributed by atoms with Crippen LogP contribution in [0.4, 0.5) is 0 Å². The van der Waals surface area contributed by atoms with E-state index in [4.69, 9.17) is 28.6 Å². The van der Waals surface area contributed by atoms with Crippen LogP contribution >= 0.6 is 39.7 Å². The Balaban J connectivity index is 1.67. The summed E-state index contributed by atoms with van der Waals surface area (Å²) in [5.74, 6) is -0.199. The molecule has 0 aliphatic rings. The zero-order valence-electron chi connectivity index (χ0n) is 13.4. The molecule has 6 nitrogen and oxygen atoms in total. The van der Waals surface area contributed by atoms with Crippen LogP contribution in [-0.2, 0) is 16.0 Å². The van der Waals surface area contributed by atoms with E-state index in [0.29, 0.717) is 10.8 Å². The van der Waals surface area contributed by atoms with Gasteiger partial charge in [0.05, 0.1) is 6.42 Å². The normalized spacial score (nSPS) is 9.92. The van der Waals surface area contributed by atoms with Crippen molar-refractivity contribution in [1.29, 1.82) is 0 Å². The van der Waals surface area contributed by atoms with Gasteiger partial charge in [0, 0.05) is 9.50 Å². The van der Waals surface area contributed by atoms with Gasteiger partial charge in [-0.25, -0.2) is 0 Å². The van der Waals surface area contributed by atoms with Gasteiger partial charge in [-0.1, -0.05) is 39.7 Å². The van der Waals surface area contributed by atoms with Crippen LogP contribution in [0.2, 0.25) is 5.02 Å². The zero-order valence-corrected chi connectivity index (χ0v) is 16.6. The summed E-state index contributed by atoms with van der Waals surface area (Å²) in [6.07, 6.45) is 0.139. The van der Waals surface area contributed by atoms with Gasteiger partial charge >= 0.3 is 0 Å². The van der Waals surface area contributed by atoms with Gasteiger partial charge in [-0.15, -0.1) is 0 Å². The molecule has 0 unspecified atom stereocenters. The number of carbonyl (C=O) groups excluding carboxylic acids is 2. The number of hydrogen-bond acceptors (Lipinski definition) is 4. The van der Waals surface area contributed by atoms with Crippen LogP contribution in [0.5, 0.6) is 5.75 Å². The molecule has 0 fully saturated rings. The van der Waals surface area contributed by atoms with E-state index in [9.17, 15) is 9.59 Å². The Hall–Kier alpha value is -2.16. The SMILES string of the molecule is O=C(COc1ccc(Br)cc1)NNC(=S)NC(=O)Cc1ccc(Cl)cc1. The predicted octanol–water partition coefficient (Wildman–Crippen LogP) is 2.75. The number of carbonyl (C=O) groups is 2. The van der Waals surface area contributed by atoms with Crippen molar-refractivity contribution in [2.24, 2.45) is 0 Å². The van der Waals surface area contributed by atoms with Gasteiger partial charge in [0.2, 0.25) is 5.91 Å². The first-order valence-corrected chi connectivity index (χ1v) is 9.02. The molecule has 0 saturated carbocycles. The van der Waals surface area contributed by atoms with Crippen molar-refractivity contribution in [3.63, 3.8) is 0 Å². The van der Waals surface area contributed by atoms with Crippen molar-refractivity contribution in [3.05, 3.63) is 63.6 Å². The molecule has 0 aliphatic heterocycles. The minimum Gasteiger partial charge on any atom is -0.484 e. The monoisotopic (exact) mass is 455 g/mol. The van der Waals surface area contributed by atoms with Crippen LogP contribution in [-0.4, -0.2) is 23.5 Å². The third-order valence-corrected chi connectivity index (χ3v) is 4.01. The third kappa shape index (κ3) is 7.38. The fraction of sp³-hybridized carbons (Fsp3) is 0.118. The number of ether oxygens (including phenoxy) is 1. The van der Waals surface area contributed by atoms with Crippen molar-refractivity contribution in [1.82, 2.24) is 16.2 Å². The highest BCUT2D eigenvalue weighted by molar-refractivity contribution is 9.10. The summed E-state index contributed by atoms with van der Waals surface area (Å²) >= 11 is 14.1. The first-order chi connectivity index (χ1) is 12.4. The molecule has 2 amide bonds. The molecule has 136 valence electrons. The lowest BCUT2D eigenvalue weighted by Gasteiger charge is -2.11. The summed E-state index contributed by atoms with van der Waals surface area (Å²) in [7, 11) is 0. The van der Waals surface area contributed by atoms with Gasteiger partial charge in [-0.05, 0) is 54.2 Å². The van der Waals surface area contributed by atoms with E-state index in [1.165, 1.54) is 0 Å². The maximum Gasteiger partial charge on any atom is 0.276 e. The van der Waals surface area contributed by atoms with Crippen LogP contribution in [0.1, 0.15) is 5.56 Å². The number of amides is 2. The van der Waals surface area contributed by atoms with Crippen molar-refractivity contribution >= 4 is 56.7 Å². The van der Waals surface area contributed by atoms with Gasteiger partial charge in [-0.2, -0.15) is 0 Å². The number of nitrogens with one attached hydrogen (secondary N) is 3. The largest absolute Gasteiger partial charge is 0.484 e. The molecule has 2 rings (SSSR count). The van der Waals surface area contributed by atoms with E-state index in [1.54, 1.807) is 48.5 Å². The smallest absolute Gasteiger partial charge is 0.276 e. The number of benzene rings is 2. The van der Waals surface area contributed by atoms with Gasteiger partial charge in [0.25, 0.3) is 5.91 Å². The van der Waals surface area contributed by atoms with Crippen LogP contribution in [0.3, 0.4) is 0 Å². The lowest BCUT2D eigenvalue weighted by Crippen LogP contribution is -2.49. The van der Waals surface area contributed by atoms with E-state index >= 15 is 0 Å². The number of rotatable bonds is 5. The molecule has 0 saturated heterocycles. The Kier molecular flexibility index (Phi) is 7.83. The maximum absolute atomic E-state index is 11.9. The Morgan fingerprint density at radius 3 is 2.31 bits per heavy atom. The van der Waals surface area contributed by atoms with Crippen molar-refractivity contribution < 1.29 is 14.3 Å². The summed E-state index contributed by atoms with van der Waals surface area (Å²) in [6, 6.07) is 14.0. The summed E-state index contributed by atoms with van der Waals surface area (Å²) in [4.78, 5) is 23.6. The minimum atomic E-state index is -0.442. The van der Waals surface area contributed by atoms with E-state index in [0.717, 1.165) is 10.0 Å². The minimum absolute atomic E-state index is 0.0130. The van der Waals surface area contributed by atoms with Crippen molar-refractivity contribution in [2.45, 2.75) is 6.42 Å². The van der Waals surface area contributed by atoms with E-state index in [-0.39, 0.29) is 24.0 Å². The van der Waals surface area contributed by atoms with Crippen molar-refractivity contribution in [2.75, 3.05) is 6.61 Å². The van der Waals surface area contributed by atoms with Crippen molar-refractivity contribution in [3.8, 4) is 5.75 Å². The Morgan fingerprint density at radius 2 is 1.65 bits per heavy atom. The summed E-state index contributed by atoms with van der Waals surface area (Å²) in [6.45, 7) is -0.198. The van der Waals surface area contributed by atoms with E-state index in [1.807, 2.05) is 0 Å².